The SMILES string of the molecule is C#Cc1cc(CN(C)C2CC2)c2c(c1)C(C)(C)CC(C)(C)O2. The minimum atomic E-state index is -0.138. The summed E-state index contributed by atoms with van der Waals surface area (Å²) in [5.74, 6) is 3.88. The standard InChI is InChI=1S/C20H27NO/c1-7-14-10-15(12-21(6)16-8-9-16)18-17(11-14)19(2,3)13-20(4,5)22-18/h1,10-11,16H,8-9,12-13H2,2-6H3. The first-order valence-corrected chi connectivity index (χ1v) is 8.25. The molecule has 1 aromatic carbocycles. The molecule has 0 spiro atoms. The van der Waals surface area contributed by atoms with Crippen molar-refractivity contribution in [2.75, 3.05) is 7.05 Å². The van der Waals surface area contributed by atoms with E-state index in [1.807, 2.05) is 0 Å². The zero-order valence-electron chi connectivity index (χ0n) is 14.5. The Morgan fingerprint density at radius 2 is 1.95 bits per heavy atom. The van der Waals surface area contributed by atoms with E-state index in [4.69, 9.17) is 11.2 Å². The minimum Gasteiger partial charge on any atom is -0.487 e. The molecule has 1 aliphatic heterocycles. The second-order valence-corrected chi connectivity index (χ2v) is 8.23. The van der Waals surface area contributed by atoms with E-state index in [0.717, 1.165) is 30.3 Å². The van der Waals surface area contributed by atoms with Gasteiger partial charge in [-0.3, -0.25) is 4.90 Å². The lowest BCUT2D eigenvalue weighted by Crippen LogP contribution is -2.42. The molecule has 0 aromatic heterocycles. The largest absolute Gasteiger partial charge is 0.487 e. The van der Waals surface area contributed by atoms with E-state index in [1.54, 1.807) is 0 Å². The van der Waals surface area contributed by atoms with Gasteiger partial charge in [0.1, 0.15) is 11.4 Å². The molecule has 0 bridgehead atoms. The van der Waals surface area contributed by atoms with Crippen LogP contribution in [0.2, 0.25) is 0 Å². The summed E-state index contributed by atoms with van der Waals surface area (Å²) >= 11 is 0. The van der Waals surface area contributed by atoms with Crippen molar-refractivity contribution in [1.82, 2.24) is 4.90 Å². The van der Waals surface area contributed by atoms with Crippen LogP contribution in [0.3, 0.4) is 0 Å². The number of hydrogen-bond donors (Lipinski definition) is 0. The van der Waals surface area contributed by atoms with Gasteiger partial charge in [-0.05, 0) is 57.7 Å². The first-order valence-electron chi connectivity index (χ1n) is 8.25. The van der Waals surface area contributed by atoms with Crippen LogP contribution >= 0.6 is 0 Å². The van der Waals surface area contributed by atoms with Crippen LogP contribution in [0.1, 0.15) is 63.6 Å². The summed E-state index contributed by atoms with van der Waals surface area (Å²) in [5, 5.41) is 0. The summed E-state index contributed by atoms with van der Waals surface area (Å²) < 4.78 is 6.39. The molecule has 2 heteroatoms. The zero-order valence-corrected chi connectivity index (χ0v) is 14.5. The van der Waals surface area contributed by atoms with E-state index in [1.165, 1.54) is 24.0 Å². The molecule has 0 amide bonds. The highest BCUT2D eigenvalue weighted by molar-refractivity contribution is 5.53. The molecule has 3 rings (SSSR count). The van der Waals surface area contributed by atoms with Gasteiger partial charge < -0.3 is 4.74 Å². The van der Waals surface area contributed by atoms with Crippen LogP contribution in [0.15, 0.2) is 12.1 Å². The molecule has 0 saturated heterocycles. The van der Waals surface area contributed by atoms with Crippen molar-refractivity contribution in [1.29, 1.82) is 0 Å². The van der Waals surface area contributed by atoms with Crippen molar-refractivity contribution < 1.29 is 4.74 Å². The van der Waals surface area contributed by atoms with Crippen LogP contribution in [-0.2, 0) is 12.0 Å². The summed E-state index contributed by atoms with van der Waals surface area (Å²) in [6, 6.07) is 5.01. The lowest BCUT2D eigenvalue weighted by Gasteiger charge is -2.43. The van der Waals surface area contributed by atoms with Crippen LogP contribution in [0, 0.1) is 12.3 Å². The van der Waals surface area contributed by atoms with Crippen molar-refractivity contribution in [3.05, 3.63) is 28.8 Å². The Kier molecular flexibility index (Phi) is 3.53. The molecule has 2 nitrogen and oxygen atoms in total. The van der Waals surface area contributed by atoms with E-state index in [9.17, 15) is 0 Å². The molecular weight excluding hydrogens is 270 g/mol. The summed E-state index contributed by atoms with van der Waals surface area (Å²) in [6.45, 7) is 9.87. The molecule has 0 N–H and O–H groups in total. The van der Waals surface area contributed by atoms with Crippen molar-refractivity contribution in [2.24, 2.45) is 0 Å². The topological polar surface area (TPSA) is 12.5 Å². The van der Waals surface area contributed by atoms with Gasteiger partial charge >= 0.3 is 0 Å². The number of terminal acetylenes is 1. The van der Waals surface area contributed by atoms with Crippen molar-refractivity contribution in [3.8, 4) is 18.1 Å². The molecule has 0 unspecified atom stereocenters. The molecule has 1 saturated carbocycles. The van der Waals surface area contributed by atoms with Crippen LogP contribution in [-0.4, -0.2) is 23.6 Å². The monoisotopic (exact) mass is 297 g/mol. The summed E-state index contributed by atoms with van der Waals surface area (Å²) in [5.41, 5.74) is 3.41. The lowest BCUT2D eigenvalue weighted by atomic mass is 9.72. The number of ether oxygens (including phenoxy) is 1. The lowest BCUT2D eigenvalue weighted by molar-refractivity contribution is 0.0512. The maximum Gasteiger partial charge on any atom is 0.128 e. The second-order valence-electron chi connectivity index (χ2n) is 8.23. The summed E-state index contributed by atoms with van der Waals surface area (Å²) in [6.07, 6.45) is 9.31. The Bertz CT molecular complexity index is 632. The molecule has 1 heterocycles. The van der Waals surface area contributed by atoms with E-state index < -0.39 is 0 Å². The minimum absolute atomic E-state index is 0.0802. The number of fused-ring (bicyclic) bond motifs is 1. The van der Waals surface area contributed by atoms with Gasteiger partial charge in [0.05, 0.1) is 0 Å². The summed E-state index contributed by atoms with van der Waals surface area (Å²) in [7, 11) is 2.20. The van der Waals surface area contributed by atoms with Crippen LogP contribution in [0.4, 0.5) is 0 Å². The maximum atomic E-state index is 6.39. The van der Waals surface area contributed by atoms with Crippen molar-refractivity contribution in [2.45, 2.75) is 70.6 Å². The van der Waals surface area contributed by atoms with Gasteiger partial charge in [-0.15, -0.1) is 6.42 Å². The van der Waals surface area contributed by atoms with Gasteiger partial charge in [0.2, 0.25) is 0 Å². The fourth-order valence-electron chi connectivity index (χ4n) is 3.90. The average molecular weight is 297 g/mol. The highest BCUT2D eigenvalue weighted by Gasteiger charge is 2.40. The van der Waals surface area contributed by atoms with Gasteiger partial charge in [0.15, 0.2) is 0 Å². The highest BCUT2D eigenvalue weighted by Crippen LogP contribution is 2.47. The third-order valence-corrected chi connectivity index (χ3v) is 4.90. The van der Waals surface area contributed by atoms with Gasteiger partial charge in [0.25, 0.3) is 0 Å². The molecule has 2 aliphatic rings. The number of benzene rings is 1. The fourth-order valence-corrected chi connectivity index (χ4v) is 3.90. The quantitative estimate of drug-likeness (QED) is 0.779. The van der Waals surface area contributed by atoms with Gasteiger partial charge in [-0.1, -0.05) is 19.8 Å². The smallest absolute Gasteiger partial charge is 0.128 e. The van der Waals surface area contributed by atoms with Gasteiger partial charge in [-0.25, -0.2) is 0 Å². The molecule has 118 valence electrons. The van der Waals surface area contributed by atoms with Crippen LogP contribution < -0.4 is 4.74 Å². The Morgan fingerprint density at radius 1 is 1.27 bits per heavy atom. The van der Waals surface area contributed by atoms with Gasteiger partial charge in [0, 0.05) is 29.3 Å². The van der Waals surface area contributed by atoms with Crippen molar-refractivity contribution >= 4 is 0 Å². The molecule has 1 aliphatic carbocycles. The third-order valence-electron chi connectivity index (χ3n) is 4.90. The molecule has 0 radical (unpaired) electrons. The molecular formula is C20H27NO. The van der Waals surface area contributed by atoms with Gasteiger partial charge in [-0.2, -0.15) is 0 Å². The highest BCUT2D eigenvalue weighted by atomic mass is 16.5. The number of nitrogens with zero attached hydrogens (tertiary/aromatic N) is 1. The van der Waals surface area contributed by atoms with E-state index >= 15 is 0 Å². The summed E-state index contributed by atoms with van der Waals surface area (Å²) in [4.78, 5) is 2.42. The van der Waals surface area contributed by atoms with E-state index in [0.29, 0.717) is 0 Å². The Balaban J connectivity index is 2.07. The third kappa shape index (κ3) is 2.88. The van der Waals surface area contributed by atoms with E-state index in [-0.39, 0.29) is 11.0 Å². The predicted molar refractivity (Wildman–Crippen MR) is 91.2 cm³/mol. The molecule has 0 atom stereocenters. The van der Waals surface area contributed by atoms with Crippen LogP contribution in [0.25, 0.3) is 0 Å². The average Bonchev–Trinajstić information content (AvgIpc) is 3.21. The molecule has 1 aromatic rings. The normalized spacial score (nSPS) is 21.9. The van der Waals surface area contributed by atoms with E-state index in [2.05, 4.69) is 57.7 Å². The number of hydrogen-bond acceptors (Lipinski definition) is 2. The van der Waals surface area contributed by atoms with Crippen LogP contribution in [0.5, 0.6) is 5.75 Å². The maximum absolute atomic E-state index is 6.39. The zero-order chi connectivity index (χ0) is 16.1. The Morgan fingerprint density at radius 3 is 2.55 bits per heavy atom. The Hall–Kier alpha value is -1.46. The fraction of sp³-hybridized carbons (Fsp3) is 0.600. The molecule has 22 heavy (non-hydrogen) atoms. The second kappa shape index (κ2) is 5.03. The first kappa shape index (κ1) is 15.4. The first-order chi connectivity index (χ1) is 10.2. The van der Waals surface area contributed by atoms with Crippen molar-refractivity contribution in [3.63, 3.8) is 0 Å². The molecule has 1 fully saturated rings. The predicted octanol–water partition coefficient (Wildman–Crippen LogP) is 4.10. The Labute approximate surface area is 134 Å². The number of rotatable bonds is 3.